The lowest BCUT2D eigenvalue weighted by Crippen LogP contribution is -2.15. The van der Waals surface area contributed by atoms with E-state index >= 15 is 0 Å². The van der Waals surface area contributed by atoms with E-state index in [0.29, 0.717) is 23.8 Å². The number of nitrogens with zero attached hydrogens (tertiary/aromatic N) is 3. The number of amides is 1. The predicted molar refractivity (Wildman–Crippen MR) is 90.5 cm³/mol. The van der Waals surface area contributed by atoms with Gasteiger partial charge in [0.05, 0.1) is 6.20 Å². The third-order valence-corrected chi connectivity index (χ3v) is 3.84. The second-order valence-electron chi connectivity index (χ2n) is 5.88. The minimum absolute atomic E-state index is 0.0269. The van der Waals surface area contributed by atoms with Gasteiger partial charge in [-0.05, 0) is 29.5 Å². The van der Waals surface area contributed by atoms with Gasteiger partial charge in [0.1, 0.15) is 5.82 Å². The van der Waals surface area contributed by atoms with Crippen molar-refractivity contribution in [3.8, 4) is 0 Å². The Hall–Kier alpha value is -2.69. The Morgan fingerprint density at radius 2 is 1.91 bits per heavy atom. The van der Waals surface area contributed by atoms with Crippen molar-refractivity contribution in [3.05, 3.63) is 59.9 Å². The zero-order valence-corrected chi connectivity index (χ0v) is 13.4. The van der Waals surface area contributed by atoms with Gasteiger partial charge in [-0.3, -0.25) is 4.79 Å². The van der Waals surface area contributed by atoms with Gasteiger partial charge < -0.3 is 5.32 Å². The second-order valence-corrected chi connectivity index (χ2v) is 5.88. The van der Waals surface area contributed by atoms with Gasteiger partial charge in [0.25, 0.3) is 0 Å². The van der Waals surface area contributed by atoms with Gasteiger partial charge in [-0.25, -0.2) is 4.98 Å². The van der Waals surface area contributed by atoms with E-state index in [1.54, 1.807) is 29.0 Å². The molecule has 0 saturated carbocycles. The maximum absolute atomic E-state index is 12.2. The molecule has 0 spiro atoms. The molecule has 2 heterocycles. The number of carbonyl (C=O) groups excluding carboxylic acids is 1. The van der Waals surface area contributed by atoms with Crippen molar-refractivity contribution in [1.29, 1.82) is 0 Å². The second kappa shape index (κ2) is 6.60. The molecule has 1 aromatic carbocycles. The first-order valence-corrected chi connectivity index (χ1v) is 7.81. The molecule has 0 atom stereocenters. The van der Waals surface area contributed by atoms with Crippen molar-refractivity contribution in [2.45, 2.75) is 32.6 Å². The summed E-state index contributed by atoms with van der Waals surface area (Å²) in [4.78, 5) is 16.3. The Labute approximate surface area is 135 Å². The molecule has 118 valence electrons. The molecule has 0 bridgehead atoms. The van der Waals surface area contributed by atoms with Gasteiger partial charge in [-0.1, -0.05) is 38.1 Å². The highest BCUT2D eigenvalue weighted by Gasteiger charge is 2.07. The summed E-state index contributed by atoms with van der Waals surface area (Å²) in [6.45, 7) is 4.35. The van der Waals surface area contributed by atoms with Crippen LogP contribution >= 0.6 is 0 Å². The Bertz CT molecular complexity index is 805. The smallest absolute Gasteiger partial charge is 0.225 e. The zero-order valence-electron chi connectivity index (χ0n) is 13.4. The molecule has 0 fully saturated rings. The number of nitrogens with one attached hydrogen (secondary N) is 1. The molecule has 5 heteroatoms. The molecule has 2 aromatic heterocycles. The SMILES string of the molecule is CC(C)c1ccc(CCC(=O)Nc2ccnc3ccnn23)cc1. The van der Waals surface area contributed by atoms with E-state index in [0.717, 1.165) is 6.42 Å². The first kappa shape index (κ1) is 15.2. The van der Waals surface area contributed by atoms with E-state index in [-0.39, 0.29) is 5.91 Å². The van der Waals surface area contributed by atoms with Gasteiger partial charge >= 0.3 is 0 Å². The number of hydrogen-bond acceptors (Lipinski definition) is 3. The van der Waals surface area contributed by atoms with Crippen LogP contribution in [0.1, 0.15) is 37.3 Å². The van der Waals surface area contributed by atoms with Crippen molar-refractivity contribution in [1.82, 2.24) is 14.6 Å². The molecular formula is C18H20N4O. The summed E-state index contributed by atoms with van der Waals surface area (Å²) in [5.41, 5.74) is 3.20. The third kappa shape index (κ3) is 3.56. The van der Waals surface area contributed by atoms with E-state index in [1.165, 1.54) is 11.1 Å². The Balaban J connectivity index is 1.60. The van der Waals surface area contributed by atoms with E-state index in [9.17, 15) is 4.79 Å². The monoisotopic (exact) mass is 308 g/mol. The Morgan fingerprint density at radius 1 is 1.13 bits per heavy atom. The molecule has 1 N–H and O–H groups in total. The topological polar surface area (TPSA) is 59.3 Å². The van der Waals surface area contributed by atoms with Crippen LogP contribution in [0.15, 0.2) is 48.8 Å². The summed E-state index contributed by atoms with van der Waals surface area (Å²) in [6, 6.07) is 12.0. The van der Waals surface area contributed by atoms with Crippen molar-refractivity contribution >= 4 is 17.4 Å². The summed E-state index contributed by atoms with van der Waals surface area (Å²) in [7, 11) is 0. The number of rotatable bonds is 5. The van der Waals surface area contributed by atoms with Crippen LogP contribution in [-0.2, 0) is 11.2 Å². The molecule has 0 radical (unpaired) electrons. The highest BCUT2D eigenvalue weighted by molar-refractivity contribution is 5.90. The number of anilines is 1. The minimum Gasteiger partial charge on any atom is -0.311 e. The fraction of sp³-hybridized carbons (Fsp3) is 0.278. The average molecular weight is 308 g/mol. The maximum atomic E-state index is 12.2. The first-order valence-electron chi connectivity index (χ1n) is 7.81. The van der Waals surface area contributed by atoms with Crippen LogP contribution in [0.25, 0.3) is 5.65 Å². The summed E-state index contributed by atoms with van der Waals surface area (Å²) in [5.74, 6) is 1.14. The summed E-state index contributed by atoms with van der Waals surface area (Å²) in [6.07, 6.45) is 4.48. The van der Waals surface area contributed by atoms with Crippen molar-refractivity contribution in [3.63, 3.8) is 0 Å². The molecule has 0 saturated heterocycles. The minimum atomic E-state index is -0.0269. The van der Waals surface area contributed by atoms with Gasteiger partial charge in [0.15, 0.2) is 5.65 Å². The van der Waals surface area contributed by atoms with E-state index in [1.807, 2.05) is 0 Å². The first-order chi connectivity index (χ1) is 11.1. The van der Waals surface area contributed by atoms with Crippen molar-refractivity contribution in [2.75, 3.05) is 5.32 Å². The van der Waals surface area contributed by atoms with Crippen LogP contribution < -0.4 is 5.32 Å². The predicted octanol–water partition coefficient (Wildman–Crippen LogP) is 3.42. The number of fused-ring (bicyclic) bond motifs is 1. The highest BCUT2D eigenvalue weighted by atomic mass is 16.1. The molecule has 0 aliphatic carbocycles. The fourth-order valence-corrected chi connectivity index (χ4v) is 2.46. The maximum Gasteiger partial charge on any atom is 0.225 e. The Morgan fingerprint density at radius 3 is 2.65 bits per heavy atom. The molecule has 0 aliphatic heterocycles. The quantitative estimate of drug-likeness (QED) is 0.785. The molecule has 0 aliphatic rings. The number of carbonyl (C=O) groups is 1. The highest BCUT2D eigenvalue weighted by Crippen LogP contribution is 2.16. The van der Waals surface area contributed by atoms with Crippen LogP contribution in [0.4, 0.5) is 5.82 Å². The summed E-state index contributed by atoms with van der Waals surface area (Å²) >= 11 is 0. The third-order valence-electron chi connectivity index (χ3n) is 3.84. The standard InChI is InChI=1S/C18H20N4O/c1-13(2)15-6-3-14(4-7-15)5-8-18(23)21-17-9-11-19-16-10-12-20-22(16)17/h3-4,6-7,9-13H,5,8H2,1-2H3,(H,21,23). The lowest BCUT2D eigenvalue weighted by atomic mass is 10.0. The van der Waals surface area contributed by atoms with Crippen LogP contribution in [0.5, 0.6) is 0 Å². The van der Waals surface area contributed by atoms with E-state index in [2.05, 4.69) is 53.5 Å². The van der Waals surface area contributed by atoms with Gasteiger partial charge in [-0.15, -0.1) is 0 Å². The fourth-order valence-electron chi connectivity index (χ4n) is 2.46. The number of aromatic nitrogens is 3. The van der Waals surface area contributed by atoms with E-state index in [4.69, 9.17) is 0 Å². The molecule has 5 nitrogen and oxygen atoms in total. The van der Waals surface area contributed by atoms with Crippen LogP contribution in [0, 0.1) is 0 Å². The lowest BCUT2D eigenvalue weighted by molar-refractivity contribution is -0.116. The van der Waals surface area contributed by atoms with Crippen LogP contribution in [0.2, 0.25) is 0 Å². The van der Waals surface area contributed by atoms with Crippen LogP contribution in [-0.4, -0.2) is 20.5 Å². The summed E-state index contributed by atoms with van der Waals surface area (Å²) in [5, 5.41) is 7.05. The molecule has 0 unspecified atom stereocenters. The average Bonchev–Trinajstić information content (AvgIpc) is 3.03. The van der Waals surface area contributed by atoms with Crippen molar-refractivity contribution in [2.24, 2.45) is 0 Å². The molecule has 3 aromatic rings. The summed E-state index contributed by atoms with van der Waals surface area (Å²) < 4.78 is 1.62. The van der Waals surface area contributed by atoms with Crippen LogP contribution in [0.3, 0.4) is 0 Å². The molecule has 1 amide bonds. The molecule has 3 rings (SSSR count). The largest absolute Gasteiger partial charge is 0.311 e. The van der Waals surface area contributed by atoms with Crippen molar-refractivity contribution < 1.29 is 4.79 Å². The molecule has 23 heavy (non-hydrogen) atoms. The number of aryl methyl sites for hydroxylation is 1. The molecular weight excluding hydrogens is 288 g/mol. The zero-order chi connectivity index (χ0) is 16.2. The number of benzene rings is 1. The normalized spacial score (nSPS) is 11.1. The number of hydrogen-bond donors (Lipinski definition) is 1. The Kier molecular flexibility index (Phi) is 4.37. The van der Waals surface area contributed by atoms with Gasteiger partial charge in [-0.2, -0.15) is 9.61 Å². The van der Waals surface area contributed by atoms with Gasteiger partial charge in [0, 0.05) is 18.7 Å². The van der Waals surface area contributed by atoms with E-state index < -0.39 is 0 Å². The van der Waals surface area contributed by atoms with Gasteiger partial charge in [0.2, 0.25) is 5.91 Å². The lowest BCUT2D eigenvalue weighted by Gasteiger charge is -2.08.